The van der Waals surface area contributed by atoms with Crippen molar-refractivity contribution in [2.45, 2.75) is 25.6 Å². The van der Waals surface area contributed by atoms with Crippen LogP contribution in [0.3, 0.4) is 0 Å². The summed E-state index contributed by atoms with van der Waals surface area (Å²) in [6.45, 7) is 4.35. The summed E-state index contributed by atoms with van der Waals surface area (Å²) in [6, 6.07) is 11.7. The van der Waals surface area contributed by atoms with Crippen LogP contribution in [-0.4, -0.2) is 72.2 Å². The van der Waals surface area contributed by atoms with Crippen molar-refractivity contribution in [3.63, 3.8) is 0 Å². The Hall–Kier alpha value is -3.56. The second kappa shape index (κ2) is 9.36. The number of amides is 3. The van der Waals surface area contributed by atoms with Crippen LogP contribution >= 0.6 is 0 Å². The average Bonchev–Trinajstić information content (AvgIpc) is 3.11. The smallest absolute Gasteiger partial charge is 0.266 e. The lowest BCUT2D eigenvalue weighted by Crippen LogP contribution is -2.55. The zero-order valence-electron chi connectivity index (χ0n) is 18.6. The minimum Gasteiger partial charge on any atom is -0.488 e. The van der Waals surface area contributed by atoms with Crippen molar-refractivity contribution in [3.05, 3.63) is 64.7 Å². The van der Waals surface area contributed by atoms with E-state index in [0.717, 1.165) is 43.3 Å². The first-order valence-electron chi connectivity index (χ1n) is 11.3. The molecule has 0 radical (unpaired) electrons. The number of carbonyl (C=O) groups is 4. The zero-order chi connectivity index (χ0) is 23.7. The van der Waals surface area contributed by atoms with Crippen molar-refractivity contribution in [2.24, 2.45) is 0 Å². The highest BCUT2D eigenvalue weighted by atomic mass is 16.5. The minimum atomic E-state index is -1.14. The molecule has 0 aromatic heterocycles. The molecule has 176 valence electrons. The lowest BCUT2D eigenvalue weighted by Gasteiger charge is -2.27. The fraction of sp³-hybridized carbons (Fsp3) is 0.360. The summed E-state index contributed by atoms with van der Waals surface area (Å²) in [7, 11) is 0. The number of ketones is 1. The molecule has 2 aromatic carbocycles. The molecule has 3 heterocycles. The Morgan fingerprint density at radius 3 is 2.44 bits per heavy atom. The molecule has 3 aliphatic rings. The molecular formula is C25H25N3O6. The van der Waals surface area contributed by atoms with Crippen LogP contribution in [0.1, 0.15) is 38.3 Å². The first-order chi connectivity index (χ1) is 16.5. The number of rotatable bonds is 6. The van der Waals surface area contributed by atoms with Gasteiger partial charge in [0.25, 0.3) is 11.8 Å². The highest BCUT2D eigenvalue weighted by Crippen LogP contribution is 2.33. The number of hydrogen-bond donors (Lipinski definition) is 1. The standard InChI is InChI=1S/C25H25N3O6/c29-18-12-20(23(30)26-13-18)28-24(31)19-2-1-3-21(22(19)25(28)32)34-15-17-6-4-16(5-7-17)14-27-8-10-33-11-9-27/h1-7,20H,8-15H2,(H,26,30). The van der Waals surface area contributed by atoms with Gasteiger partial charge in [0.2, 0.25) is 5.91 Å². The number of Topliss-reactive ketones (excluding diaryl/α,β-unsaturated/α-hetero) is 1. The Balaban J connectivity index is 1.28. The van der Waals surface area contributed by atoms with E-state index >= 15 is 0 Å². The number of benzene rings is 2. The summed E-state index contributed by atoms with van der Waals surface area (Å²) in [5, 5.41) is 2.44. The maximum atomic E-state index is 13.1. The fourth-order valence-electron chi connectivity index (χ4n) is 4.49. The second-order valence-electron chi connectivity index (χ2n) is 8.63. The van der Waals surface area contributed by atoms with E-state index in [2.05, 4.69) is 22.3 Å². The van der Waals surface area contributed by atoms with Crippen molar-refractivity contribution in [1.82, 2.24) is 15.1 Å². The quantitative estimate of drug-likeness (QED) is 0.641. The Labute approximate surface area is 196 Å². The third kappa shape index (κ3) is 4.32. The number of morpholine rings is 1. The summed E-state index contributed by atoms with van der Waals surface area (Å²) in [6.07, 6.45) is -0.176. The molecular weight excluding hydrogens is 438 g/mol. The summed E-state index contributed by atoms with van der Waals surface area (Å²) < 4.78 is 11.3. The van der Waals surface area contributed by atoms with E-state index in [1.165, 1.54) is 11.6 Å². The Bertz CT molecular complexity index is 1140. The number of hydrogen-bond acceptors (Lipinski definition) is 7. The van der Waals surface area contributed by atoms with Gasteiger partial charge < -0.3 is 14.8 Å². The van der Waals surface area contributed by atoms with Crippen molar-refractivity contribution < 1.29 is 28.7 Å². The molecule has 9 nitrogen and oxygen atoms in total. The van der Waals surface area contributed by atoms with Gasteiger partial charge in [-0.3, -0.25) is 29.0 Å². The predicted molar refractivity (Wildman–Crippen MR) is 120 cm³/mol. The molecule has 3 amide bonds. The van der Waals surface area contributed by atoms with E-state index in [9.17, 15) is 19.2 Å². The normalized spacial score (nSPS) is 20.9. The molecule has 2 saturated heterocycles. The van der Waals surface area contributed by atoms with Crippen LogP contribution in [0.2, 0.25) is 0 Å². The summed E-state index contributed by atoms with van der Waals surface area (Å²) in [5.41, 5.74) is 2.42. The summed E-state index contributed by atoms with van der Waals surface area (Å²) in [5.74, 6) is -1.67. The highest BCUT2D eigenvalue weighted by molar-refractivity contribution is 6.24. The largest absolute Gasteiger partial charge is 0.488 e. The molecule has 9 heteroatoms. The van der Waals surface area contributed by atoms with Gasteiger partial charge in [0.05, 0.1) is 30.9 Å². The van der Waals surface area contributed by atoms with Crippen LogP contribution in [0, 0.1) is 0 Å². The lowest BCUT2D eigenvalue weighted by atomic mass is 10.0. The van der Waals surface area contributed by atoms with E-state index in [4.69, 9.17) is 9.47 Å². The fourth-order valence-corrected chi connectivity index (χ4v) is 4.49. The van der Waals surface area contributed by atoms with Gasteiger partial charge in [0, 0.05) is 26.1 Å². The molecule has 1 unspecified atom stereocenters. The molecule has 34 heavy (non-hydrogen) atoms. The molecule has 0 bridgehead atoms. The van der Waals surface area contributed by atoms with Crippen LogP contribution in [0.15, 0.2) is 42.5 Å². The Morgan fingerprint density at radius 1 is 0.941 bits per heavy atom. The minimum absolute atomic E-state index is 0.0852. The Kier molecular flexibility index (Phi) is 6.12. The molecule has 2 fully saturated rings. The number of nitrogens with one attached hydrogen (secondary N) is 1. The van der Waals surface area contributed by atoms with E-state index in [1.807, 2.05) is 12.1 Å². The van der Waals surface area contributed by atoms with Gasteiger partial charge >= 0.3 is 0 Å². The lowest BCUT2D eigenvalue weighted by molar-refractivity contribution is -0.133. The first kappa shape index (κ1) is 22.2. The molecule has 0 saturated carbocycles. The predicted octanol–water partition coefficient (Wildman–Crippen LogP) is 1.15. The number of piperidine rings is 1. The SMILES string of the molecule is O=C1CNC(=O)C(N2C(=O)c3cccc(OCc4ccc(CN5CCOCC5)cc4)c3C2=O)C1. The molecule has 2 aromatic rings. The van der Waals surface area contributed by atoms with Crippen LogP contribution in [-0.2, 0) is 27.5 Å². The highest BCUT2D eigenvalue weighted by Gasteiger charge is 2.46. The number of carbonyl (C=O) groups excluding carboxylic acids is 4. The first-order valence-corrected chi connectivity index (χ1v) is 11.3. The van der Waals surface area contributed by atoms with Crippen LogP contribution in [0.5, 0.6) is 5.75 Å². The third-order valence-electron chi connectivity index (χ3n) is 6.33. The van der Waals surface area contributed by atoms with Crippen molar-refractivity contribution in [2.75, 3.05) is 32.8 Å². The van der Waals surface area contributed by atoms with Gasteiger partial charge in [-0.15, -0.1) is 0 Å². The number of ether oxygens (including phenoxy) is 2. The maximum Gasteiger partial charge on any atom is 0.266 e. The van der Waals surface area contributed by atoms with Gasteiger partial charge in [0.1, 0.15) is 18.4 Å². The molecule has 1 N–H and O–H groups in total. The van der Waals surface area contributed by atoms with Gasteiger partial charge in [-0.25, -0.2) is 0 Å². The Morgan fingerprint density at radius 2 is 1.68 bits per heavy atom. The summed E-state index contributed by atoms with van der Waals surface area (Å²) >= 11 is 0. The topological polar surface area (TPSA) is 105 Å². The van der Waals surface area contributed by atoms with Gasteiger partial charge in [-0.05, 0) is 23.3 Å². The van der Waals surface area contributed by atoms with E-state index in [1.54, 1.807) is 12.1 Å². The maximum absolute atomic E-state index is 13.1. The molecule has 0 aliphatic carbocycles. The van der Waals surface area contributed by atoms with Crippen molar-refractivity contribution in [1.29, 1.82) is 0 Å². The second-order valence-corrected chi connectivity index (χ2v) is 8.63. The average molecular weight is 463 g/mol. The van der Waals surface area contributed by atoms with Gasteiger partial charge in [0.15, 0.2) is 5.78 Å². The monoisotopic (exact) mass is 463 g/mol. The third-order valence-corrected chi connectivity index (χ3v) is 6.33. The molecule has 3 aliphatic heterocycles. The van der Waals surface area contributed by atoms with Crippen LogP contribution < -0.4 is 10.1 Å². The summed E-state index contributed by atoms with van der Waals surface area (Å²) in [4.78, 5) is 53.4. The molecule has 0 spiro atoms. The number of nitrogens with zero attached hydrogens (tertiary/aromatic N) is 2. The van der Waals surface area contributed by atoms with E-state index in [0.29, 0.717) is 0 Å². The van der Waals surface area contributed by atoms with Crippen molar-refractivity contribution >= 4 is 23.5 Å². The van der Waals surface area contributed by atoms with Crippen LogP contribution in [0.25, 0.3) is 0 Å². The van der Waals surface area contributed by atoms with E-state index < -0.39 is 23.8 Å². The van der Waals surface area contributed by atoms with Gasteiger partial charge in [-0.2, -0.15) is 0 Å². The van der Waals surface area contributed by atoms with Crippen molar-refractivity contribution in [3.8, 4) is 5.75 Å². The number of imide groups is 1. The van der Waals surface area contributed by atoms with E-state index in [-0.39, 0.29) is 42.2 Å². The van der Waals surface area contributed by atoms with Gasteiger partial charge in [-0.1, -0.05) is 30.3 Å². The zero-order valence-corrected chi connectivity index (χ0v) is 18.6. The number of fused-ring (bicyclic) bond motifs is 1. The molecule has 1 atom stereocenters. The van der Waals surface area contributed by atoms with Crippen LogP contribution in [0.4, 0.5) is 0 Å². The molecule has 5 rings (SSSR count).